The Morgan fingerprint density at radius 1 is 1.15 bits per heavy atom. The molecular weight excluding hydrogens is 253 g/mol. The molecule has 2 rings (SSSR count). The van der Waals surface area contributed by atoms with E-state index in [1.165, 1.54) is 12.8 Å². The lowest BCUT2D eigenvalue weighted by Gasteiger charge is -2.36. The highest BCUT2D eigenvalue weighted by Gasteiger charge is 2.28. The van der Waals surface area contributed by atoms with Crippen LogP contribution in [0.15, 0.2) is 24.3 Å². The zero-order valence-corrected chi connectivity index (χ0v) is 12.7. The molecule has 1 aliphatic carbocycles. The van der Waals surface area contributed by atoms with Crippen molar-refractivity contribution in [3.05, 3.63) is 35.6 Å². The van der Waals surface area contributed by atoms with Crippen LogP contribution in [0.1, 0.15) is 51.1 Å². The van der Waals surface area contributed by atoms with E-state index in [1.807, 2.05) is 12.1 Å². The van der Waals surface area contributed by atoms with E-state index < -0.39 is 0 Å². The summed E-state index contributed by atoms with van der Waals surface area (Å²) in [6.07, 6.45) is 5.09. The van der Waals surface area contributed by atoms with Crippen molar-refractivity contribution in [2.75, 3.05) is 7.11 Å². The fourth-order valence-corrected chi connectivity index (χ4v) is 3.14. The van der Waals surface area contributed by atoms with Crippen LogP contribution in [-0.4, -0.2) is 19.3 Å². The molecule has 0 saturated heterocycles. The molecule has 0 bridgehead atoms. The minimum Gasteiger partial charge on any atom is -0.380 e. The van der Waals surface area contributed by atoms with Crippen molar-refractivity contribution >= 4 is 0 Å². The van der Waals surface area contributed by atoms with Gasteiger partial charge < -0.3 is 10.1 Å². The summed E-state index contributed by atoms with van der Waals surface area (Å²) < 4.78 is 18.7. The van der Waals surface area contributed by atoms with Crippen LogP contribution < -0.4 is 5.32 Å². The second-order valence-corrected chi connectivity index (χ2v) is 6.11. The summed E-state index contributed by atoms with van der Waals surface area (Å²) in [4.78, 5) is 0. The minimum absolute atomic E-state index is 0.177. The standard InChI is InChI=1S/C17H26FNO/c1-12(2)17(13-8-10-14(18)11-9-13)19-15-6-4-5-7-16(15)20-3/h8-12,15-17,19H,4-7H2,1-3H3. The maximum Gasteiger partial charge on any atom is 0.123 e. The summed E-state index contributed by atoms with van der Waals surface area (Å²) in [5, 5.41) is 3.74. The SMILES string of the molecule is COC1CCCCC1NC(c1ccc(F)cc1)C(C)C. The maximum atomic E-state index is 13.1. The van der Waals surface area contributed by atoms with Gasteiger partial charge in [0.15, 0.2) is 0 Å². The zero-order chi connectivity index (χ0) is 14.5. The fraction of sp³-hybridized carbons (Fsp3) is 0.647. The zero-order valence-electron chi connectivity index (χ0n) is 12.7. The van der Waals surface area contributed by atoms with Crippen LogP contribution in [0.4, 0.5) is 4.39 Å². The molecule has 0 radical (unpaired) electrons. The smallest absolute Gasteiger partial charge is 0.123 e. The van der Waals surface area contributed by atoms with Crippen molar-refractivity contribution in [3.63, 3.8) is 0 Å². The lowest BCUT2D eigenvalue weighted by Crippen LogP contribution is -2.45. The van der Waals surface area contributed by atoms with Gasteiger partial charge in [0.25, 0.3) is 0 Å². The Morgan fingerprint density at radius 2 is 1.80 bits per heavy atom. The number of nitrogens with one attached hydrogen (secondary N) is 1. The first kappa shape index (κ1) is 15.5. The molecule has 0 amide bonds. The molecule has 3 heteroatoms. The Bertz CT molecular complexity index is 404. The van der Waals surface area contributed by atoms with Gasteiger partial charge in [-0.1, -0.05) is 38.8 Å². The van der Waals surface area contributed by atoms with Gasteiger partial charge in [-0.3, -0.25) is 0 Å². The largest absolute Gasteiger partial charge is 0.380 e. The maximum absolute atomic E-state index is 13.1. The summed E-state index contributed by atoms with van der Waals surface area (Å²) in [5.74, 6) is 0.281. The molecule has 0 heterocycles. The van der Waals surface area contributed by atoms with E-state index in [0.29, 0.717) is 18.1 Å². The first-order valence-corrected chi connectivity index (χ1v) is 7.66. The Morgan fingerprint density at radius 3 is 2.40 bits per heavy atom. The molecule has 0 aromatic heterocycles. The van der Waals surface area contributed by atoms with E-state index in [4.69, 9.17) is 4.74 Å². The van der Waals surface area contributed by atoms with Crippen LogP contribution in [-0.2, 0) is 4.74 Å². The van der Waals surface area contributed by atoms with E-state index in [1.54, 1.807) is 19.2 Å². The summed E-state index contributed by atoms with van der Waals surface area (Å²) in [5.41, 5.74) is 1.15. The quantitative estimate of drug-likeness (QED) is 0.877. The van der Waals surface area contributed by atoms with Crippen molar-refractivity contribution < 1.29 is 9.13 Å². The lowest BCUT2D eigenvalue weighted by molar-refractivity contribution is 0.0353. The molecule has 0 aliphatic heterocycles. The van der Waals surface area contributed by atoms with Gasteiger partial charge in [-0.05, 0) is 36.5 Å². The molecule has 1 aromatic carbocycles. The van der Waals surface area contributed by atoms with Crippen molar-refractivity contribution in [3.8, 4) is 0 Å². The van der Waals surface area contributed by atoms with Crippen molar-refractivity contribution in [2.45, 2.75) is 57.7 Å². The van der Waals surface area contributed by atoms with Crippen molar-refractivity contribution in [1.29, 1.82) is 0 Å². The lowest BCUT2D eigenvalue weighted by atomic mass is 9.89. The third kappa shape index (κ3) is 3.80. The van der Waals surface area contributed by atoms with Gasteiger partial charge in [-0.2, -0.15) is 0 Å². The van der Waals surface area contributed by atoms with E-state index in [-0.39, 0.29) is 11.9 Å². The summed E-state index contributed by atoms with van der Waals surface area (Å²) >= 11 is 0. The minimum atomic E-state index is -0.177. The van der Waals surface area contributed by atoms with Gasteiger partial charge in [0.2, 0.25) is 0 Å². The highest BCUT2D eigenvalue weighted by Crippen LogP contribution is 2.27. The monoisotopic (exact) mass is 279 g/mol. The number of rotatable bonds is 5. The third-order valence-corrected chi connectivity index (χ3v) is 4.29. The van der Waals surface area contributed by atoms with E-state index in [2.05, 4.69) is 19.2 Å². The van der Waals surface area contributed by atoms with Gasteiger partial charge >= 0.3 is 0 Å². The highest BCUT2D eigenvalue weighted by molar-refractivity contribution is 5.20. The molecule has 1 aromatic rings. The molecule has 3 atom stereocenters. The number of halogens is 1. The van der Waals surface area contributed by atoms with E-state index in [0.717, 1.165) is 18.4 Å². The average molecular weight is 279 g/mol. The van der Waals surface area contributed by atoms with Gasteiger partial charge in [-0.15, -0.1) is 0 Å². The summed E-state index contributed by atoms with van der Waals surface area (Å²) in [7, 11) is 1.80. The van der Waals surface area contributed by atoms with Gasteiger partial charge in [0.05, 0.1) is 6.10 Å². The average Bonchev–Trinajstić information content (AvgIpc) is 2.46. The molecule has 1 saturated carbocycles. The molecule has 1 N–H and O–H groups in total. The van der Waals surface area contributed by atoms with E-state index in [9.17, 15) is 4.39 Å². The Hall–Kier alpha value is -0.930. The number of ether oxygens (including phenoxy) is 1. The summed E-state index contributed by atoms with van der Waals surface area (Å²) in [6.45, 7) is 4.40. The molecule has 1 aliphatic rings. The number of hydrogen-bond acceptors (Lipinski definition) is 2. The van der Waals surface area contributed by atoms with Crippen molar-refractivity contribution in [1.82, 2.24) is 5.32 Å². The second kappa shape index (κ2) is 7.19. The predicted octanol–water partition coefficient (Wildman–Crippen LogP) is 4.07. The first-order chi connectivity index (χ1) is 9.61. The molecule has 3 unspecified atom stereocenters. The molecular formula is C17H26FNO. The Labute approximate surface area is 121 Å². The molecule has 1 fully saturated rings. The third-order valence-electron chi connectivity index (χ3n) is 4.29. The topological polar surface area (TPSA) is 21.3 Å². The van der Waals surface area contributed by atoms with Crippen LogP contribution in [0, 0.1) is 11.7 Å². The van der Waals surface area contributed by atoms with Gasteiger partial charge in [0, 0.05) is 19.2 Å². The Kier molecular flexibility index (Phi) is 5.55. The molecule has 20 heavy (non-hydrogen) atoms. The Balaban J connectivity index is 2.10. The van der Waals surface area contributed by atoms with Crippen molar-refractivity contribution in [2.24, 2.45) is 5.92 Å². The van der Waals surface area contributed by atoms with Crippen LogP contribution in [0.3, 0.4) is 0 Å². The van der Waals surface area contributed by atoms with Crippen LogP contribution in [0.25, 0.3) is 0 Å². The van der Waals surface area contributed by atoms with E-state index >= 15 is 0 Å². The number of benzene rings is 1. The van der Waals surface area contributed by atoms with Gasteiger partial charge in [-0.25, -0.2) is 4.39 Å². The summed E-state index contributed by atoms with van der Waals surface area (Å²) in [6, 6.07) is 7.50. The number of hydrogen-bond donors (Lipinski definition) is 1. The normalized spacial score (nSPS) is 24.9. The van der Waals surface area contributed by atoms with Crippen LogP contribution in [0.5, 0.6) is 0 Å². The first-order valence-electron chi connectivity index (χ1n) is 7.66. The second-order valence-electron chi connectivity index (χ2n) is 6.11. The highest BCUT2D eigenvalue weighted by atomic mass is 19.1. The molecule has 0 spiro atoms. The predicted molar refractivity (Wildman–Crippen MR) is 80.2 cm³/mol. The van der Waals surface area contributed by atoms with Gasteiger partial charge in [0.1, 0.15) is 5.82 Å². The molecule has 2 nitrogen and oxygen atoms in total. The molecule has 112 valence electrons. The van der Waals surface area contributed by atoms with Crippen LogP contribution >= 0.6 is 0 Å². The fourth-order valence-electron chi connectivity index (χ4n) is 3.14. The number of methoxy groups -OCH3 is 1. The van der Waals surface area contributed by atoms with Crippen LogP contribution in [0.2, 0.25) is 0 Å².